The molecule has 0 bridgehead atoms. The van der Waals surface area contributed by atoms with Crippen LogP contribution in [0, 0.1) is 16.3 Å². The minimum Gasteiger partial charge on any atom is -0.618 e. The van der Waals surface area contributed by atoms with Gasteiger partial charge in [-0.1, -0.05) is 60.2 Å². The number of hydrogen-bond acceptors (Lipinski definition) is 11. The number of ether oxygens (including phenoxy) is 5. The lowest BCUT2D eigenvalue weighted by atomic mass is 9.68. The Morgan fingerprint density at radius 2 is 1.79 bits per heavy atom. The fraction of sp³-hybridized carbons (Fsp3) is 0.432. The number of aliphatic hydroxyl groups is 1. The molecule has 3 heterocycles. The van der Waals surface area contributed by atoms with Gasteiger partial charge in [-0.15, -0.1) is 0 Å². The molecular weight excluding hydrogens is 676 g/mol. The Balaban J connectivity index is 0.000000269. The van der Waals surface area contributed by atoms with Gasteiger partial charge in [0, 0.05) is 25.3 Å². The molecule has 2 aromatic rings. The molecule has 1 aromatic heterocycles. The highest BCUT2D eigenvalue weighted by Crippen LogP contribution is 2.59. The maximum Gasteiger partial charge on any atom is 0.427 e. The number of hydrogen-bond donors (Lipinski definition) is 3. The number of nitrogens with one attached hydrogen (secondary N) is 1. The Morgan fingerprint density at radius 1 is 1.12 bits per heavy atom. The average molecular weight is 723 g/mol. The van der Waals surface area contributed by atoms with Crippen molar-refractivity contribution in [2.75, 3.05) is 20.8 Å². The summed E-state index contributed by atoms with van der Waals surface area (Å²) in [4.78, 5) is 21.2. The smallest absolute Gasteiger partial charge is 0.427 e. The second-order valence-electron chi connectivity index (χ2n) is 12.8. The minimum atomic E-state index is -1.07. The number of aliphatic hydroxyl groups excluding tert-OH is 1. The molecule has 3 aliphatic rings. The summed E-state index contributed by atoms with van der Waals surface area (Å²) in [5, 5.41) is 46.1. The zero-order chi connectivity index (χ0) is 37.9. The van der Waals surface area contributed by atoms with Gasteiger partial charge in [-0.25, -0.2) is 15.0 Å². The van der Waals surface area contributed by atoms with Crippen LogP contribution in [0.15, 0.2) is 95.8 Å². The summed E-state index contributed by atoms with van der Waals surface area (Å²) in [6, 6.07) is 6.35. The molecule has 1 unspecified atom stereocenters. The van der Waals surface area contributed by atoms with Crippen LogP contribution in [0.4, 0.5) is 4.79 Å². The third kappa shape index (κ3) is 10.3. The number of allylic oxidation sites excluding steroid dienone is 7. The zero-order valence-electron chi connectivity index (χ0n) is 29.8. The minimum absolute atomic E-state index is 0.00916. The fourth-order valence-corrected chi connectivity index (χ4v) is 6.35. The number of hydrazone groups is 1. The number of para-hydroxylation sites is 2. The molecule has 3 fully saturated rings. The quantitative estimate of drug-likeness (QED) is 0.0314. The number of benzene rings is 1. The first-order valence-corrected chi connectivity index (χ1v) is 16.7. The molecule has 1 amide bonds. The number of rotatable bonds is 13. The number of carbonyl (C=O) groups is 2. The van der Waals surface area contributed by atoms with Crippen molar-refractivity contribution in [2.45, 2.75) is 75.8 Å². The van der Waals surface area contributed by atoms with Gasteiger partial charge in [0.25, 0.3) is 17.2 Å². The van der Waals surface area contributed by atoms with E-state index >= 15 is 0 Å². The van der Waals surface area contributed by atoms with E-state index in [9.17, 15) is 25.1 Å². The molecule has 5 rings (SSSR count). The Kier molecular flexibility index (Phi) is 13.8. The summed E-state index contributed by atoms with van der Waals surface area (Å²) in [5.41, 5.74) is 3.18. The van der Waals surface area contributed by atoms with Crippen molar-refractivity contribution in [1.29, 1.82) is 0 Å². The van der Waals surface area contributed by atoms with Crippen molar-refractivity contribution in [1.82, 2.24) is 5.43 Å². The number of epoxide rings is 2. The van der Waals surface area contributed by atoms with E-state index in [-0.39, 0.29) is 52.2 Å². The zero-order valence-corrected chi connectivity index (χ0v) is 29.8. The number of carbonyl (C=O) groups excluding carboxylic acids is 1. The number of methoxy groups -OCH3 is 2. The highest BCUT2D eigenvalue weighted by molar-refractivity contribution is 5.80. The molecule has 52 heavy (non-hydrogen) atoms. The van der Waals surface area contributed by atoms with Crippen LogP contribution in [0.1, 0.15) is 45.7 Å². The van der Waals surface area contributed by atoms with Gasteiger partial charge in [0.1, 0.15) is 11.8 Å². The third-order valence-electron chi connectivity index (χ3n) is 8.98. The highest BCUT2D eigenvalue weighted by atomic mass is 16.6. The molecule has 0 radical (unpaired) electrons. The monoisotopic (exact) mass is 722 g/mol. The standard InChI is InChI=1S/C26H36O7.C11H10N4O4/c1-18(2)13-14-20-25(3,33-20)24-23(30-4)19(15-16-26(24)17-31-26)32-22(29)12-10-8-6-5-7-9-11-21(27)28;1-19-11(16)13-12-6-8-7-14(17)9-4-2-3-5-10(9)15(8)18/h5-13,19-20,22-24,29H,14-17H2,1-4H3,(H,27,28);2-7H,1H3,(H,13,16)/b7-5+,8-6+,11-9+,12-10+;12-6+/t19-,20-,22?,23-,24-,25+,26+;/m1./s1. The van der Waals surface area contributed by atoms with Gasteiger partial charge >= 0.3 is 17.8 Å². The topological polar surface area (TPSA) is 206 Å². The number of aromatic nitrogens is 2. The summed E-state index contributed by atoms with van der Waals surface area (Å²) in [6.07, 6.45) is 17.0. The van der Waals surface area contributed by atoms with Crippen LogP contribution in [-0.4, -0.2) is 85.1 Å². The second kappa shape index (κ2) is 18.0. The van der Waals surface area contributed by atoms with Gasteiger partial charge < -0.3 is 44.3 Å². The molecule has 1 saturated carbocycles. The molecule has 1 aliphatic carbocycles. The first-order chi connectivity index (χ1) is 24.8. The summed E-state index contributed by atoms with van der Waals surface area (Å²) < 4.78 is 29.4. The van der Waals surface area contributed by atoms with E-state index in [0.29, 0.717) is 16.1 Å². The molecule has 280 valence electrons. The predicted octanol–water partition coefficient (Wildman–Crippen LogP) is 3.50. The van der Waals surface area contributed by atoms with Crippen molar-refractivity contribution >= 4 is 29.3 Å². The van der Waals surface area contributed by atoms with E-state index in [1.54, 1.807) is 55.7 Å². The number of amides is 1. The third-order valence-corrected chi connectivity index (χ3v) is 8.98. The van der Waals surface area contributed by atoms with Crippen LogP contribution in [0.2, 0.25) is 0 Å². The summed E-state index contributed by atoms with van der Waals surface area (Å²) in [6.45, 7) is 7.02. The summed E-state index contributed by atoms with van der Waals surface area (Å²) in [7, 11) is 2.86. The van der Waals surface area contributed by atoms with Crippen molar-refractivity contribution in [3.63, 3.8) is 0 Å². The Labute approximate surface area is 301 Å². The molecule has 1 spiro atoms. The Bertz CT molecular complexity index is 1750. The molecule has 2 aliphatic heterocycles. The molecule has 15 nitrogen and oxygen atoms in total. The van der Waals surface area contributed by atoms with Gasteiger partial charge in [0.2, 0.25) is 0 Å². The lowest BCUT2D eigenvalue weighted by Crippen LogP contribution is -2.55. The van der Waals surface area contributed by atoms with Crippen LogP contribution < -0.4 is 14.9 Å². The predicted molar refractivity (Wildman–Crippen MR) is 190 cm³/mol. The van der Waals surface area contributed by atoms with Crippen molar-refractivity contribution in [3.05, 3.63) is 107 Å². The first-order valence-electron chi connectivity index (χ1n) is 16.7. The van der Waals surface area contributed by atoms with Crippen molar-refractivity contribution in [2.24, 2.45) is 11.0 Å². The van der Waals surface area contributed by atoms with E-state index in [1.165, 1.54) is 30.9 Å². The SMILES string of the molecule is COC(=O)N/N=C/c1c[n+]([O-])c2ccccc2[n+]1[O-].CO[C@@H]1[C@H](OC(O)/C=C/C=C/C=C/C=C/C(=O)O)CC[C@]2(CO2)[C@H]1[C@@]1(C)O[C@@H]1CC=C(C)C. The summed E-state index contributed by atoms with van der Waals surface area (Å²) in [5.74, 6) is -0.961. The van der Waals surface area contributed by atoms with Gasteiger partial charge in [-0.2, -0.15) is 14.6 Å². The molecule has 3 N–H and O–H groups in total. The Morgan fingerprint density at radius 3 is 2.42 bits per heavy atom. The van der Waals surface area contributed by atoms with E-state index in [2.05, 4.69) is 36.7 Å². The number of fused-ring (bicyclic) bond motifs is 1. The van der Waals surface area contributed by atoms with Crippen LogP contribution in [-0.2, 0) is 28.5 Å². The van der Waals surface area contributed by atoms with Crippen LogP contribution >= 0.6 is 0 Å². The van der Waals surface area contributed by atoms with E-state index < -0.39 is 18.4 Å². The lowest BCUT2D eigenvalue weighted by Gasteiger charge is -2.43. The van der Waals surface area contributed by atoms with Crippen molar-refractivity contribution in [3.8, 4) is 0 Å². The summed E-state index contributed by atoms with van der Waals surface area (Å²) >= 11 is 0. The maximum atomic E-state index is 12.0. The average Bonchev–Trinajstić information content (AvgIpc) is 4.04. The van der Waals surface area contributed by atoms with Gasteiger partial charge in [0.05, 0.1) is 43.5 Å². The molecule has 15 heteroatoms. The van der Waals surface area contributed by atoms with E-state index in [4.69, 9.17) is 24.1 Å². The van der Waals surface area contributed by atoms with Crippen LogP contribution in [0.25, 0.3) is 11.0 Å². The molecule has 1 aromatic carbocycles. The van der Waals surface area contributed by atoms with Crippen molar-refractivity contribution < 1.29 is 52.9 Å². The number of carboxylic acid groups (broad SMARTS) is 1. The number of carboxylic acids is 1. The lowest BCUT2D eigenvalue weighted by molar-refractivity contribution is -0.629. The molecular formula is C37H46N4O11. The van der Waals surface area contributed by atoms with Gasteiger partial charge in [0.15, 0.2) is 6.29 Å². The first kappa shape index (κ1) is 39.8. The second-order valence-corrected chi connectivity index (χ2v) is 12.8. The highest BCUT2D eigenvalue weighted by Gasteiger charge is 2.72. The molecule has 2 saturated heterocycles. The van der Waals surface area contributed by atoms with Gasteiger partial charge in [-0.3, -0.25) is 0 Å². The number of aliphatic carboxylic acids is 1. The molecule has 7 atom stereocenters. The van der Waals surface area contributed by atoms with Crippen LogP contribution in [0.3, 0.4) is 0 Å². The fourth-order valence-electron chi connectivity index (χ4n) is 6.35. The Hall–Kier alpha value is -4.93. The van der Waals surface area contributed by atoms with E-state index in [1.807, 2.05) is 5.43 Å². The largest absolute Gasteiger partial charge is 0.618 e. The van der Waals surface area contributed by atoms with E-state index in [0.717, 1.165) is 37.7 Å². The number of nitrogens with zero attached hydrogens (tertiary/aromatic N) is 3. The maximum absolute atomic E-state index is 12.0. The van der Waals surface area contributed by atoms with Gasteiger partial charge in [-0.05, 0) is 46.1 Å². The normalized spacial score (nSPS) is 27.3. The van der Waals surface area contributed by atoms with Crippen LogP contribution in [0.5, 0.6) is 0 Å².